The summed E-state index contributed by atoms with van der Waals surface area (Å²) in [6.07, 6.45) is 0. The third-order valence-corrected chi connectivity index (χ3v) is 5.21. The number of nitrogens with one attached hydrogen (secondary N) is 1. The van der Waals surface area contributed by atoms with Gasteiger partial charge in [-0.1, -0.05) is 18.2 Å². The second-order valence-corrected chi connectivity index (χ2v) is 7.17. The van der Waals surface area contributed by atoms with Crippen molar-refractivity contribution < 1.29 is 22.0 Å². The average Bonchev–Trinajstić information content (AvgIpc) is 2.52. The summed E-state index contributed by atoms with van der Waals surface area (Å²) in [6.45, 7) is 2.68. The van der Waals surface area contributed by atoms with Crippen molar-refractivity contribution in [1.29, 1.82) is 0 Å². The molecule has 0 aromatic heterocycles. The van der Waals surface area contributed by atoms with Gasteiger partial charge in [0, 0.05) is 26.1 Å². The van der Waals surface area contributed by atoms with Crippen LogP contribution in [0.3, 0.4) is 0 Å². The Balaban J connectivity index is 2.12. The molecule has 0 atom stereocenters. The standard InChI is InChI=1S/C17H18F2N2O3S/c1-12-5-3-4-6-17(12)25(23,24)20-9-10-21(13(2)22)16-8-7-14(18)11-15(16)19/h3-8,11,20H,9-10H2,1-2H3. The fourth-order valence-electron chi connectivity index (χ4n) is 2.38. The average molecular weight is 368 g/mol. The van der Waals surface area contributed by atoms with E-state index in [0.717, 1.165) is 17.0 Å². The number of carbonyl (C=O) groups excluding carboxylic acids is 1. The SMILES string of the molecule is CC(=O)N(CCNS(=O)(=O)c1ccccc1C)c1ccc(F)cc1F. The molecule has 0 bridgehead atoms. The maximum absolute atomic E-state index is 13.9. The van der Waals surface area contributed by atoms with Crippen LogP contribution in [0, 0.1) is 18.6 Å². The number of sulfonamides is 1. The molecule has 0 radical (unpaired) electrons. The highest BCUT2D eigenvalue weighted by atomic mass is 32.2. The van der Waals surface area contributed by atoms with Crippen molar-refractivity contribution in [3.05, 3.63) is 59.7 Å². The highest BCUT2D eigenvalue weighted by Gasteiger charge is 2.19. The summed E-state index contributed by atoms with van der Waals surface area (Å²) < 4.78 is 53.9. The quantitative estimate of drug-likeness (QED) is 0.852. The van der Waals surface area contributed by atoms with E-state index < -0.39 is 27.6 Å². The summed E-state index contributed by atoms with van der Waals surface area (Å²) in [5.41, 5.74) is 0.479. The molecule has 0 aliphatic rings. The Morgan fingerprint density at radius 1 is 1.16 bits per heavy atom. The summed E-state index contributed by atoms with van der Waals surface area (Å²) in [6, 6.07) is 9.32. The number of anilines is 1. The maximum atomic E-state index is 13.9. The molecule has 0 spiro atoms. The molecular weight excluding hydrogens is 350 g/mol. The first-order valence-electron chi connectivity index (χ1n) is 7.51. The van der Waals surface area contributed by atoms with Gasteiger partial charge in [-0.25, -0.2) is 21.9 Å². The van der Waals surface area contributed by atoms with Crippen molar-refractivity contribution in [3.8, 4) is 0 Å². The Bertz CT molecular complexity index is 885. The van der Waals surface area contributed by atoms with Crippen LogP contribution in [-0.4, -0.2) is 27.4 Å². The zero-order valence-corrected chi connectivity index (χ0v) is 14.6. The van der Waals surface area contributed by atoms with E-state index in [-0.39, 0.29) is 23.7 Å². The molecule has 134 valence electrons. The molecule has 8 heteroatoms. The summed E-state index contributed by atoms with van der Waals surface area (Å²) in [5, 5.41) is 0. The van der Waals surface area contributed by atoms with Crippen molar-refractivity contribution in [2.75, 3.05) is 18.0 Å². The van der Waals surface area contributed by atoms with Gasteiger partial charge in [-0.3, -0.25) is 4.79 Å². The van der Waals surface area contributed by atoms with Crippen LogP contribution < -0.4 is 9.62 Å². The topological polar surface area (TPSA) is 66.5 Å². The molecule has 5 nitrogen and oxygen atoms in total. The number of amides is 1. The predicted molar refractivity (Wildman–Crippen MR) is 90.8 cm³/mol. The van der Waals surface area contributed by atoms with Gasteiger partial charge in [-0.05, 0) is 30.7 Å². The molecule has 0 saturated carbocycles. The zero-order valence-electron chi connectivity index (χ0n) is 13.8. The number of rotatable bonds is 6. The van der Waals surface area contributed by atoms with Crippen LogP contribution in [-0.2, 0) is 14.8 Å². The fourth-order valence-corrected chi connectivity index (χ4v) is 3.64. The van der Waals surface area contributed by atoms with Crippen LogP contribution in [0.15, 0.2) is 47.4 Å². The largest absolute Gasteiger partial charge is 0.309 e. The predicted octanol–water partition coefficient (Wildman–Crippen LogP) is 2.60. The van der Waals surface area contributed by atoms with Gasteiger partial charge in [-0.15, -0.1) is 0 Å². The second kappa shape index (κ2) is 7.71. The Kier molecular flexibility index (Phi) is 5.86. The molecule has 0 aliphatic carbocycles. The van der Waals surface area contributed by atoms with Gasteiger partial charge in [-0.2, -0.15) is 0 Å². The van der Waals surface area contributed by atoms with Crippen molar-refractivity contribution in [2.45, 2.75) is 18.7 Å². The van der Waals surface area contributed by atoms with E-state index in [1.54, 1.807) is 25.1 Å². The number of carbonyl (C=O) groups is 1. The van der Waals surface area contributed by atoms with Gasteiger partial charge in [0.15, 0.2) is 0 Å². The van der Waals surface area contributed by atoms with Gasteiger partial charge < -0.3 is 4.90 Å². The summed E-state index contributed by atoms with van der Waals surface area (Å²) in [5.74, 6) is -2.14. The lowest BCUT2D eigenvalue weighted by molar-refractivity contribution is -0.116. The molecule has 0 unspecified atom stereocenters. The molecular formula is C17H18F2N2O3S. The lowest BCUT2D eigenvalue weighted by Crippen LogP contribution is -2.38. The molecule has 2 aromatic carbocycles. The van der Waals surface area contributed by atoms with Gasteiger partial charge >= 0.3 is 0 Å². The third kappa shape index (κ3) is 4.61. The van der Waals surface area contributed by atoms with E-state index in [1.807, 2.05) is 0 Å². The van der Waals surface area contributed by atoms with Crippen LogP contribution in [0.1, 0.15) is 12.5 Å². The molecule has 25 heavy (non-hydrogen) atoms. The number of hydrogen-bond acceptors (Lipinski definition) is 3. The van der Waals surface area contributed by atoms with E-state index in [1.165, 1.54) is 13.0 Å². The van der Waals surface area contributed by atoms with Gasteiger partial charge in [0.2, 0.25) is 15.9 Å². The van der Waals surface area contributed by atoms with Gasteiger partial charge in [0.1, 0.15) is 11.6 Å². The number of aryl methyl sites for hydroxylation is 1. The number of hydrogen-bond donors (Lipinski definition) is 1. The summed E-state index contributed by atoms with van der Waals surface area (Å²) in [7, 11) is -3.75. The molecule has 0 saturated heterocycles. The minimum absolute atomic E-state index is 0.0942. The van der Waals surface area contributed by atoms with Crippen molar-refractivity contribution in [1.82, 2.24) is 4.72 Å². The Hall–Kier alpha value is -2.32. The molecule has 0 fully saturated rings. The zero-order chi connectivity index (χ0) is 18.6. The van der Waals surface area contributed by atoms with Crippen LogP contribution in [0.4, 0.5) is 14.5 Å². The van der Waals surface area contributed by atoms with Crippen LogP contribution in [0.25, 0.3) is 0 Å². The molecule has 0 heterocycles. The minimum Gasteiger partial charge on any atom is -0.309 e. The third-order valence-electron chi connectivity index (χ3n) is 3.59. The Morgan fingerprint density at radius 3 is 2.44 bits per heavy atom. The highest BCUT2D eigenvalue weighted by molar-refractivity contribution is 7.89. The number of benzene rings is 2. The van der Waals surface area contributed by atoms with E-state index in [0.29, 0.717) is 11.6 Å². The molecule has 1 amide bonds. The molecule has 0 aliphatic heterocycles. The first-order valence-corrected chi connectivity index (χ1v) is 8.99. The first-order chi connectivity index (χ1) is 11.7. The fraction of sp³-hybridized carbons (Fsp3) is 0.235. The van der Waals surface area contributed by atoms with Crippen LogP contribution >= 0.6 is 0 Å². The Morgan fingerprint density at radius 2 is 1.84 bits per heavy atom. The number of nitrogens with zero attached hydrogens (tertiary/aromatic N) is 1. The lowest BCUT2D eigenvalue weighted by Gasteiger charge is -2.22. The van der Waals surface area contributed by atoms with Crippen molar-refractivity contribution in [2.24, 2.45) is 0 Å². The van der Waals surface area contributed by atoms with Crippen molar-refractivity contribution in [3.63, 3.8) is 0 Å². The van der Waals surface area contributed by atoms with Gasteiger partial charge in [0.25, 0.3) is 0 Å². The lowest BCUT2D eigenvalue weighted by atomic mass is 10.2. The number of halogens is 2. The minimum atomic E-state index is -3.75. The maximum Gasteiger partial charge on any atom is 0.240 e. The second-order valence-electron chi connectivity index (χ2n) is 5.43. The van der Waals surface area contributed by atoms with Crippen LogP contribution in [0.2, 0.25) is 0 Å². The molecule has 1 N–H and O–H groups in total. The summed E-state index contributed by atoms with van der Waals surface area (Å²) in [4.78, 5) is 12.9. The monoisotopic (exact) mass is 368 g/mol. The van der Waals surface area contributed by atoms with E-state index in [4.69, 9.17) is 0 Å². The van der Waals surface area contributed by atoms with E-state index >= 15 is 0 Å². The van der Waals surface area contributed by atoms with Gasteiger partial charge in [0.05, 0.1) is 10.6 Å². The Labute approximate surface area is 145 Å². The molecule has 2 aromatic rings. The normalized spacial score (nSPS) is 11.4. The highest BCUT2D eigenvalue weighted by Crippen LogP contribution is 2.20. The van der Waals surface area contributed by atoms with E-state index in [9.17, 15) is 22.0 Å². The van der Waals surface area contributed by atoms with E-state index in [2.05, 4.69) is 4.72 Å². The van der Waals surface area contributed by atoms with Crippen molar-refractivity contribution >= 4 is 21.6 Å². The summed E-state index contributed by atoms with van der Waals surface area (Å²) >= 11 is 0. The smallest absolute Gasteiger partial charge is 0.240 e. The van der Waals surface area contributed by atoms with Crippen LogP contribution in [0.5, 0.6) is 0 Å². The molecule has 2 rings (SSSR count). The first kappa shape index (κ1) is 19.0.